The van der Waals surface area contributed by atoms with Crippen molar-refractivity contribution in [2.75, 3.05) is 18.0 Å². The number of benzene rings is 1. The van der Waals surface area contributed by atoms with Crippen LogP contribution in [-0.2, 0) is 0 Å². The predicted octanol–water partition coefficient (Wildman–Crippen LogP) is 1.77. The van der Waals surface area contributed by atoms with Crippen LogP contribution in [0.5, 0.6) is 0 Å². The van der Waals surface area contributed by atoms with E-state index in [1.54, 1.807) is 12.1 Å². The van der Waals surface area contributed by atoms with Gasteiger partial charge in [0.2, 0.25) is 0 Å². The van der Waals surface area contributed by atoms with E-state index in [-0.39, 0.29) is 11.4 Å². The first-order valence-electron chi connectivity index (χ1n) is 5.65. The molecular formula is C12H16FN3O. The summed E-state index contributed by atoms with van der Waals surface area (Å²) in [5.74, 6) is -0.0617. The first-order chi connectivity index (χ1) is 8.13. The molecule has 0 radical (unpaired) electrons. The van der Waals surface area contributed by atoms with Gasteiger partial charge in [-0.15, -0.1) is 0 Å². The van der Waals surface area contributed by atoms with Gasteiger partial charge in [-0.2, -0.15) is 0 Å². The van der Waals surface area contributed by atoms with Gasteiger partial charge in [0, 0.05) is 13.1 Å². The lowest BCUT2D eigenvalue weighted by Crippen LogP contribution is -2.25. The van der Waals surface area contributed by atoms with Crippen molar-refractivity contribution in [3.63, 3.8) is 0 Å². The zero-order chi connectivity index (χ0) is 12.4. The van der Waals surface area contributed by atoms with Crippen molar-refractivity contribution in [2.45, 2.75) is 13.3 Å². The van der Waals surface area contributed by atoms with Gasteiger partial charge < -0.3 is 15.8 Å². The summed E-state index contributed by atoms with van der Waals surface area (Å²) in [5.41, 5.74) is 6.41. The second-order valence-electron chi connectivity index (χ2n) is 4.46. The molecule has 5 heteroatoms. The molecule has 0 spiro atoms. The molecule has 1 saturated heterocycles. The Morgan fingerprint density at radius 2 is 2.35 bits per heavy atom. The molecule has 1 aliphatic rings. The number of hydrogen-bond acceptors (Lipinski definition) is 3. The Morgan fingerprint density at radius 3 is 2.94 bits per heavy atom. The highest BCUT2D eigenvalue weighted by Crippen LogP contribution is 2.28. The van der Waals surface area contributed by atoms with Crippen LogP contribution in [-0.4, -0.2) is 24.1 Å². The molecule has 92 valence electrons. The summed E-state index contributed by atoms with van der Waals surface area (Å²) in [7, 11) is 0. The minimum Gasteiger partial charge on any atom is -0.409 e. The van der Waals surface area contributed by atoms with Crippen molar-refractivity contribution in [3.05, 3.63) is 29.6 Å². The lowest BCUT2D eigenvalue weighted by Gasteiger charge is -2.21. The summed E-state index contributed by atoms with van der Waals surface area (Å²) < 4.78 is 13.7. The van der Waals surface area contributed by atoms with Gasteiger partial charge in [0.1, 0.15) is 5.82 Å². The number of amidine groups is 1. The van der Waals surface area contributed by atoms with E-state index in [2.05, 4.69) is 17.0 Å². The van der Waals surface area contributed by atoms with Crippen LogP contribution in [0.1, 0.15) is 18.9 Å². The largest absolute Gasteiger partial charge is 0.409 e. The van der Waals surface area contributed by atoms with Gasteiger partial charge in [0.05, 0.1) is 11.3 Å². The number of rotatable bonds is 2. The summed E-state index contributed by atoms with van der Waals surface area (Å²) in [6.07, 6.45) is 1.08. The first kappa shape index (κ1) is 11.7. The second kappa shape index (κ2) is 4.61. The topological polar surface area (TPSA) is 61.8 Å². The van der Waals surface area contributed by atoms with Crippen molar-refractivity contribution in [1.29, 1.82) is 0 Å². The minimum absolute atomic E-state index is 0.183. The molecule has 1 unspecified atom stereocenters. The van der Waals surface area contributed by atoms with E-state index in [1.165, 1.54) is 6.07 Å². The van der Waals surface area contributed by atoms with Gasteiger partial charge in [-0.1, -0.05) is 18.1 Å². The van der Waals surface area contributed by atoms with Crippen LogP contribution in [0.4, 0.5) is 10.1 Å². The average molecular weight is 237 g/mol. The Kier molecular flexibility index (Phi) is 3.17. The SMILES string of the molecule is CC1CCN(c2cccc(F)c2C(N)=NO)C1. The summed E-state index contributed by atoms with van der Waals surface area (Å²) in [5, 5.41) is 11.6. The lowest BCUT2D eigenvalue weighted by molar-refractivity contribution is 0.318. The first-order valence-corrected chi connectivity index (χ1v) is 5.65. The summed E-state index contributed by atoms with van der Waals surface area (Å²) in [4.78, 5) is 2.07. The molecule has 1 aromatic carbocycles. The van der Waals surface area contributed by atoms with Gasteiger partial charge in [-0.05, 0) is 24.5 Å². The van der Waals surface area contributed by atoms with Crippen LogP contribution in [0.2, 0.25) is 0 Å². The van der Waals surface area contributed by atoms with Gasteiger partial charge in [-0.3, -0.25) is 0 Å². The third kappa shape index (κ3) is 2.18. The predicted molar refractivity (Wildman–Crippen MR) is 64.9 cm³/mol. The monoisotopic (exact) mass is 237 g/mol. The highest BCUT2D eigenvalue weighted by Gasteiger charge is 2.23. The van der Waals surface area contributed by atoms with Crippen LogP contribution in [0.15, 0.2) is 23.4 Å². The summed E-state index contributed by atoms with van der Waals surface area (Å²) in [6.45, 7) is 3.90. The van der Waals surface area contributed by atoms with Gasteiger partial charge in [0.15, 0.2) is 5.84 Å². The van der Waals surface area contributed by atoms with Crippen LogP contribution in [0, 0.1) is 11.7 Å². The molecule has 4 nitrogen and oxygen atoms in total. The van der Waals surface area contributed by atoms with E-state index >= 15 is 0 Å². The van der Waals surface area contributed by atoms with Gasteiger partial charge >= 0.3 is 0 Å². The number of anilines is 1. The van der Waals surface area contributed by atoms with Crippen LogP contribution < -0.4 is 10.6 Å². The zero-order valence-corrected chi connectivity index (χ0v) is 9.73. The quantitative estimate of drug-likeness (QED) is 0.356. The number of nitrogens with zero attached hydrogens (tertiary/aromatic N) is 2. The molecule has 0 aromatic heterocycles. The van der Waals surface area contributed by atoms with Crippen LogP contribution in [0.3, 0.4) is 0 Å². The van der Waals surface area contributed by atoms with Crippen LogP contribution >= 0.6 is 0 Å². The molecule has 3 N–H and O–H groups in total. The normalized spacial score (nSPS) is 20.9. The van der Waals surface area contributed by atoms with Crippen molar-refractivity contribution >= 4 is 11.5 Å². The molecule has 0 aliphatic carbocycles. The smallest absolute Gasteiger partial charge is 0.175 e. The van der Waals surface area contributed by atoms with E-state index in [0.717, 1.165) is 19.5 Å². The van der Waals surface area contributed by atoms with E-state index in [9.17, 15) is 4.39 Å². The van der Waals surface area contributed by atoms with Crippen LogP contribution in [0.25, 0.3) is 0 Å². The second-order valence-corrected chi connectivity index (χ2v) is 4.46. The van der Waals surface area contributed by atoms with Gasteiger partial charge in [-0.25, -0.2) is 4.39 Å². The maximum Gasteiger partial charge on any atom is 0.175 e. The number of nitrogens with two attached hydrogens (primary N) is 1. The van der Waals surface area contributed by atoms with Crippen molar-refractivity contribution in [1.82, 2.24) is 0 Å². The zero-order valence-electron chi connectivity index (χ0n) is 9.73. The fourth-order valence-corrected chi connectivity index (χ4v) is 2.23. The fraction of sp³-hybridized carbons (Fsp3) is 0.417. The van der Waals surface area contributed by atoms with Crippen molar-refractivity contribution < 1.29 is 9.60 Å². The maximum absolute atomic E-state index is 13.7. The minimum atomic E-state index is -0.461. The van der Waals surface area contributed by atoms with Crippen molar-refractivity contribution in [3.8, 4) is 0 Å². The Labute approximate surface area is 99.5 Å². The van der Waals surface area contributed by atoms with E-state index in [4.69, 9.17) is 10.9 Å². The number of oxime groups is 1. The molecule has 2 rings (SSSR count). The maximum atomic E-state index is 13.7. The third-order valence-electron chi connectivity index (χ3n) is 3.12. The van der Waals surface area contributed by atoms with Crippen molar-refractivity contribution in [2.24, 2.45) is 16.8 Å². The summed E-state index contributed by atoms with van der Waals surface area (Å²) in [6, 6.07) is 4.76. The molecule has 1 aromatic rings. The Bertz CT molecular complexity index is 447. The molecule has 0 amide bonds. The number of halogens is 1. The Balaban J connectivity index is 2.43. The molecule has 0 bridgehead atoms. The molecule has 1 fully saturated rings. The Hall–Kier alpha value is -1.78. The van der Waals surface area contributed by atoms with E-state index < -0.39 is 5.82 Å². The molecular weight excluding hydrogens is 221 g/mol. The lowest BCUT2D eigenvalue weighted by atomic mass is 10.1. The van der Waals surface area contributed by atoms with E-state index in [0.29, 0.717) is 11.6 Å². The highest BCUT2D eigenvalue weighted by molar-refractivity contribution is 6.02. The summed E-state index contributed by atoms with van der Waals surface area (Å²) >= 11 is 0. The molecule has 1 heterocycles. The van der Waals surface area contributed by atoms with E-state index in [1.807, 2.05) is 0 Å². The number of hydrogen-bond donors (Lipinski definition) is 2. The fourth-order valence-electron chi connectivity index (χ4n) is 2.23. The molecule has 1 atom stereocenters. The molecule has 0 saturated carbocycles. The molecule has 1 aliphatic heterocycles. The molecule has 17 heavy (non-hydrogen) atoms. The Morgan fingerprint density at radius 1 is 1.59 bits per heavy atom. The van der Waals surface area contributed by atoms with Gasteiger partial charge in [0.25, 0.3) is 0 Å². The third-order valence-corrected chi connectivity index (χ3v) is 3.12. The average Bonchev–Trinajstić information content (AvgIpc) is 2.74. The standard InChI is InChI=1S/C12H16FN3O/c1-8-5-6-16(7-8)10-4-2-3-9(13)11(10)12(14)15-17/h2-4,8,17H,5-7H2,1H3,(H2,14,15). The highest BCUT2D eigenvalue weighted by atomic mass is 19.1.